The third kappa shape index (κ3) is 4.95. The number of anilines is 2. The summed E-state index contributed by atoms with van der Waals surface area (Å²) < 4.78 is 26.8. The molecule has 1 saturated heterocycles. The van der Waals surface area contributed by atoms with Gasteiger partial charge in [-0.1, -0.05) is 13.3 Å². The monoisotopic (exact) mass is 444 g/mol. The van der Waals surface area contributed by atoms with Gasteiger partial charge in [0.15, 0.2) is 0 Å². The molecule has 0 bridgehead atoms. The molecule has 2 fully saturated rings. The van der Waals surface area contributed by atoms with Gasteiger partial charge < -0.3 is 10.2 Å². The van der Waals surface area contributed by atoms with E-state index >= 15 is 0 Å². The Balaban J connectivity index is 1.37. The second kappa shape index (κ2) is 8.78. The van der Waals surface area contributed by atoms with Crippen LogP contribution in [0.25, 0.3) is 0 Å². The van der Waals surface area contributed by atoms with E-state index in [1.807, 2.05) is 6.92 Å². The number of rotatable bonds is 9. The van der Waals surface area contributed by atoms with Crippen molar-refractivity contribution in [2.24, 2.45) is 0 Å². The third-order valence-electron chi connectivity index (χ3n) is 5.66. The van der Waals surface area contributed by atoms with Crippen LogP contribution in [0.3, 0.4) is 0 Å². The van der Waals surface area contributed by atoms with E-state index in [1.165, 1.54) is 18.8 Å². The molecule has 10 heteroatoms. The molecule has 3 heterocycles. The predicted octanol–water partition coefficient (Wildman–Crippen LogP) is 2.39. The average Bonchev–Trinajstić information content (AvgIpc) is 3.57. The number of nitrogens with zero attached hydrogens (tertiary/aromatic N) is 4. The molecule has 1 atom stereocenters. The maximum Gasteiger partial charge on any atom is 0.271 e. The van der Waals surface area contributed by atoms with Gasteiger partial charge >= 0.3 is 0 Å². The summed E-state index contributed by atoms with van der Waals surface area (Å²) >= 11 is 0. The van der Waals surface area contributed by atoms with Crippen LogP contribution < -0.4 is 14.9 Å². The molecule has 0 spiro atoms. The molecule has 166 valence electrons. The van der Waals surface area contributed by atoms with Crippen LogP contribution in [0.5, 0.6) is 0 Å². The molecule has 4 rings (SSSR count). The van der Waals surface area contributed by atoms with Crippen molar-refractivity contribution >= 4 is 27.4 Å². The van der Waals surface area contributed by atoms with Crippen LogP contribution in [0, 0.1) is 6.92 Å². The SMILES string of the molecule is CCCC1CCN1c1ncc(C(=O)NCc2cc(NS(=O)(=O)C3CC3)ccn2)nc1C. The molecule has 1 saturated carbocycles. The van der Waals surface area contributed by atoms with Crippen molar-refractivity contribution in [1.29, 1.82) is 0 Å². The molecular formula is C21H28N6O3S. The van der Waals surface area contributed by atoms with Gasteiger partial charge in [-0.2, -0.15) is 0 Å². The first-order valence-electron chi connectivity index (χ1n) is 10.7. The molecule has 0 aromatic carbocycles. The fourth-order valence-electron chi connectivity index (χ4n) is 3.75. The Morgan fingerprint density at radius 2 is 2.06 bits per heavy atom. The topological polar surface area (TPSA) is 117 Å². The van der Waals surface area contributed by atoms with Crippen LogP contribution in [0.1, 0.15) is 60.9 Å². The summed E-state index contributed by atoms with van der Waals surface area (Å²) in [6.07, 6.45) is 7.84. The number of carbonyl (C=O) groups is 1. The number of carbonyl (C=O) groups excluding carboxylic acids is 1. The Morgan fingerprint density at radius 3 is 2.71 bits per heavy atom. The Bertz CT molecular complexity index is 1070. The lowest BCUT2D eigenvalue weighted by Crippen LogP contribution is -2.48. The second-order valence-electron chi connectivity index (χ2n) is 8.15. The molecule has 1 unspecified atom stereocenters. The van der Waals surface area contributed by atoms with E-state index in [9.17, 15) is 13.2 Å². The largest absolute Gasteiger partial charge is 0.352 e. The molecule has 2 aliphatic rings. The van der Waals surface area contributed by atoms with Crippen LogP contribution in [-0.4, -0.2) is 47.1 Å². The van der Waals surface area contributed by atoms with Gasteiger partial charge in [-0.3, -0.25) is 14.5 Å². The van der Waals surface area contributed by atoms with Crippen molar-refractivity contribution in [3.63, 3.8) is 0 Å². The number of hydrogen-bond donors (Lipinski definition) is 2. The van der Waals surface area contributed by atoms with Crippen LogP contribution in [-0.2, 0) is 16.6 Å². The number of amides is 1. The highest BCUT2D eigenvalue weighted by molar-refractivity contribution is 7.93. The molecule has 1 aliphatic heterocycles. The summed E-state index contributed by atoms with van der Waals surface area (Å²) in [5.41, 5.74) is 1.98. The van der Waals surface area contributed by atoms with Gasteiger partial charge in [0.05, 0.1) is 35.1 Å². The third-order valence-corrected chi connectivity index (χ3v) is 7.53. The molecule has 2 N–H and O–H groups in total. The standard InChI is InChI=1S/C21H28N6O3S/c1-3-4-17-8-10-27(17)20-14(2)25-19(13-23-20)21(28)24-12-16-11-15(7-9-22-16)26-31(29,30)18-5-6-18/h7,9,11,13,17-18H,3-6,8,10,12H2,1-2H3,(H,22,26)(H,24,28). The maximum atomic E-state index is 12.5. The molecule has 1 aliphatic carbocycles. The van der Waals surface area contributed by atoms with Crippen molar-refractivity contribution in [1.82, 2.24) is 20.3 Å². The highest BCUT2D eigenvalue weighted by atomic mass is 32.2. The van der Waals surface area contributed by atoms with Gasteiger partial charge in [-0.25, -0.2) is 18.4 Å². The number of pyridine rings is 1. The quantitative estimate of drug-likeness (QED) is 0.610. The number of aryl methyl sites for hydroxylation is 1. The van der Waals surface area contributed by atoms with Crippen LogP contribution in [0.15, 0.2) is 24.5 Å². The fraction of sp³-hybridized carbons (Fsp3) is 0.524. The van der Waals surface area contributed by atoms with Gasteiger partial charge in [0.1, 0.15) is 11.5 Å². The second-order valence-corrected chi connectivity index (χ2v) is 10.1. The normalized spacial score (nSPS) is 18.4. The van der Waals surface area contributed by atoms with Gasteiger partial charge in [-0.15, -0.1) is 0 Å². The summed E-state index contributed by atoms with van der Waals surface area (Å²) in [4.78, 5) is 27.9. The van der Waals surface area contributed by atoms with Crippen molar-refractivity contribution in [2.75, 3.05) is 16.2 Å². The van der Waals surface area contributed by atoms with E-state index in [-0.39, 0.29) is 23.4 Å². The molecule has 2 aromatic rings. The highest BCUT2D eigenvalue weighted by Crippen LogP contribution is 2.30. The lowest BCUT2D eigenvalue weighted by atomic mass is 9.98. The molecule has 2 aromatic heterocycles. The zero-order valence-electron chi connectivity index (χ0n) is 17.8. The minimum absolute atomic E-state index is 0.158. The van der Waals surface area contributed by atoms with E-state index in [4.69, 9.17) is 0 Å². The number of sulfonamides is 1. The van der Waals surface area contributed by atoms with Crippen molar-refractivity contribution in [3.05, 3.63) is 41.6 Å². The molecular weight excluding hydrogens is 416 g/mol. The summed E-state index contributed by atoms with van der Waals surface area (Å²) in [5.74, 6) is 0.500. The first kappa shape index (κ1) is 21.5. The number of nitrogens with one attached hydrogen (secondary N) is 2. The van der Waals surface area contributed by atoms with Gasteiger partial charge in [0.2, 0.25) is 10.0 Å². The molecule has 1 amide bonds. The first-order chi connectivity index (χ1) is 14.9. The Morgan fingerprint density at radius 1 is 1.26 bits per heavy atom. The summed E-state index contributed by atoms with van der Waals surface area (Å²) in [5, 5.41) is 2.48. The van der Waals surface area contributed by atoms with Crippen molar-refractivity contribution in [3.8, 4) is 0 Å². The minimum atomic E-state index is -3.34. The number of aromatic nitrogens is 3. The van der Waals surface area contributed by atoms with E-state index < -0.39 is 10.0 Å². The summed E-state index contributed by atoms with van der Waals surface area (Å²) in [6, 6.07) is 3.73. The fourth-order valence-corrected chi connectivity index (χ4v) is 5.12. The van der Waals surface area contributed by atoms with Gasteiger partial charge in [0, 0.05) is 18.8 Å². The Kier molecular flexibility index (Phi) is 6.08. The maximum absolute atomic E-state index is 12.5. The molecule has 9 nitrogen and oxygen atoms in total. The highest BCUT2D eigenvalue weighted by Gasteiger charge is 2.35. The van der Waals surface area contributed by atoms with E-state index in [1.54, 1.807) is 12.1 Å². The molecule has 31 heavy (non-hydrogen) atoms. The van der Waals surface area contributed by atoms with Gasteiger partial charge in [0.25, 0.3) is 5.91 Å². The predicted molar refractivity (Wildman–Crippen MR) is 118 cm³/mol. The Labute approximate surface area is 182 Å². The van der Waals surface area contributed by atoms with E-state index in [2.05, 4.69) is 36.8 Å². The van der Waals surface area contributed by atoms with Crippen LogP contribution in [0.4, 0.5) is 11.5 Å². The molecule has 0 radical (unpaired) electrons. The Hall–Kier alpha value is -2.75. The average molecular weight is 445 g/mol. The van der Waals surface area contributed by atoms with Crippen LogP contribution in [0.2, 0.25) is 0 Å². The van der Waals surface area contributed by atoms with Gasteiger partial charge in [-0.05, 0) is 44.7 Å². The van der Waals surface area contributed by atoms with Crippen molar-refractivity contribution in [2.45, 2.75) is 63.8 Å². The zero-order valence-corrected chi connectivity index (χ0v) is 18.7. The van der Waals surface area contributed by atoms with Crippen LogP contribution >= 0.6 is 0 Å². The first-order valence-corrected chi connectivity index (χ1v) is 12.3. The summed E-state index contributed by atoms with van der Waals surface area (Å²) in [6.45, 7) is 5.18. The van der Waals surface area contributed by atoms with Crippen molar-refractivity contribution < 1.29 is 13.2 Å². The number of hydrogen-bond acceptors (Lipinski definition) is 7. The smallest absolute Gasteiger partial charge is 0.271 e. The lowest BCUT2D eigenvalue weighted by molar-refractivity contribution is 0.0944. The zero-order chi connectivity index (χ0) is 22.0. The van der Waals surface area contributed by atoms with E-state index in [0.717, 1.165) is 30.9 Å². The minimum Gasteiger partial charge on any atom is -0.352 e. The lowest BCUT2D eigenvalue weighted by Gasteiger charge is -2.42. The van der Waals surface area contributed by atoms with E-state index in [0.29, 0.717) is 30.3 Å². The summed E-state index contributed by atoms with van der Waals surface area (Å²) in [7, 11) is -3.34.